The molecule has 0 spiro atoms. The van der Waals surface area contributed by atoms with Gasteiger partial charge in [0.2, 0.25) is 17.8 Å². The third-order valence-electron chi connectivity index (χ3n) is 4.50. The Balaban J connectivity index is 1.83. The predicted molar refractivity (Wildman–Crippen MR) is 113 cm³/mol. The maximum atomic E-state index is 13.6. The molecule has 0 bridgehead atoms. The maximum absolute atomic E-state index is 13.6. The molecule has 2 aromatic rings. The van der Waals surface area contributed by atoms with Gasteiger partial charge < -0.3 is 10.5 Å². The van der Waals surface area contributed by atoms with Gasteiger partial charge in [-0.25, -0.2) is 13.8 Å². The first-order valence-electron chi connectivity index (χ1n) is 9.26. The number of alkyl halides is 2. The largest absolute Gasteiger partial charge is 0.439 e. The van der Waals surface area contributed by atoms with Crippen molar-refractivity contribution < 1.29 is 13.5 Å². The summed E-state index contributed by atoms with van der Waals surface area (Å²) in [5.41, 5.74) is 6.26. The number of hydrogen-bond donors (Lipinski definition) is 2. The molecule has 1 fully saturated rings. The van der Waals surface area contributed by atoms with Crippen LogP contribution in [0, 0.1) is 0 Å². The van der Waals surface area contributed by atoms with Gasteiger partial charge in [-0.15, -0.1) is 0 Å². The maximum Gasteiger partial charge on any atom is 0.248 e. The molecule has 1 saturated carbocycles. The van der Waals surface area contributed by atoms with Crippen LogP contribution in [-0.2, 0) is 0 Å². The van der Waals surface area contributed by atoms with Crippen molar-refractivity contribution in [3.8, 4) is 11.6 Å². The van der Waals surface area contributed by atoms with E-state index in [1.54, 1.807) is 19.3 Å². The van der Waals surface area contributed by atoms with Crippen LogP contribution in [-0.4, -0.2) is 29.2 Å². The Bertz CT molecular complexity index is 866. The summed E-state index contributed by atoms with van der Waals surface area (Å²) in [6, 6.07) is 11.0. The molecule has 154 valence electrons. The minimum Gasteiger partial charge on any atom is -0.439 e. The third-order valence-corrected chi connectivity index (χ3v) is 5.27. The molecular formula is C20H23F2N5OS. The van der Waals surface area contributed by atoms with E-state index in [0.717, 1.165) is 0 Å². The summed E-state index contributed by atoms with van der Waals surface area (Å²) in [4.78, 5) is 13.5. The van der Waals surface area contributed by atoms with Crippen LogP contribution in [0.15, 0.2) is 52.5 Å². The van der Waals surface area contributed by atoms with Gasteiger partial charge in [-0.05, 0) is 36.9 Å². The Morgan fingerprint density at radius 1 is 1.28 bits per heavy atom. The molecule has 3 N–H and O–H groups in total. The minimum absolute atomic E-state index is 0.0666. The van der Waals surface area contributed by atoms with Gasteiger partial charge in [-0.2, -0.15) is 4.98 Å². The van der Waals surface area contributed by atoms with Crippen LogP contribution < -0.4 is 15.2 Å². The van der Waals surface area contributed by atoms with Gasteiger partial charge >= 0.3 is 0 Å². The van der Waals surface area contributed by atoms with Crippen LogP contribution >= 0.6 is 11.9 Å². The van der Waals surface area contributed by atoms with E-state index in [-0.39, 0.29) is 18.8 Å². The quantitative estimate of drug-likeness (QED) is 0.478. The van der Waals surface area contributed by atoms with Gasteiger partial charge in [0, 0.05) is 44.3 Å². The molecule has 1 aliphatic carbocycles. The zero-order valence-electron chi connectivity index (χ0n) is 16.0. The van der Waals surface area contributed by atoms with Gasteiger partial charge in [-0.1, -0.05) is 18.2 Å². The second kappa shape index (κ2) is 9.69. The number of allylic oxidation sites excluding steroid dienone is 1. The molecule has 0 radical (unpaired) electrons. The lowest BCUT2D eigenvalue weighted by atomic mass is 9.84. The van der Waals surface area contributed by atoms with E-state index >= 15 is 0 Å². The predicted octanol–water partition coefficient (Wildman–Crippen LogP) is 5.12. The van der Waals surface area contributed by atoms with Crippen LogP contribution in [0.2, 0.25) is 0 Å². The van der Waals surface area contributed by atoms with Crippen molar-refractivity contribution in [3.05, 3.63) is 53.2 Å². The van der Waals surface area contributed by atoms with E-state index in [4.69, 9.17) is 10.5 Å². The van der Waals surface area contributed by atoms with Gasteiger partial charge in [0.1, 0.15) is 5.75 Å². The number of nitrogens with two attached hydrogens (primary N) is 1. The number of halogens is 2. The molecular weight excluding hydrogens is 396 g/mol. The van der Waals surface area contributed by atoms with E-state index in [1.807, 2.05) is 30.3 Å². The number of anilines is 1. The van der Waals surface area contributed by atoms with E-state index in [1.165, 1.54) is 18.1 Å². The monoisotopic (exact) mass is 419 g/mol. The van der Waals surface area contributed by atoms with Gasteiger partial charge in [0.15, 0.2) is 0 Å². The molecule has 0 amide bonds. The first-order chi connectivity index (χ1) is 14.0. The first-order valence-corrected chi connectivity index (χ1v) is 10.1. The van der Waals surface area contributed by atoms with Crippen molar-refractivity contribution in [1.82, 2.24) is 9.97 Å². The minimum atomic E-state index is -2.59. The van der Waals surface area contributed by atoms with Crippen LogP contribution in [0.1, 0.15) is 37.3 Å². The van der Waals surface area contributed by atoms with Crippen LogP contribution in [0.4, 0.5) is 14.7 Å². The number of nitrogens with one attached hydrogen (secondary N) is 1. The highest BCUT2D eigenvalue weighted by molar-refractivity contribution is 8.05. The average Bonchev–Trinajstić information content (AvgIpc) is 2.71. The highest BCUT2D eigenvalue weighted by Gasteiger charge is 2.36. The number of benzene rings is 1. The number of aromatic nitrogens is 2. The molecule has 1 aromatic carbocycles. The standard InChI is InChI=1S/C20H23F2N5OS/c1-24-13-16(12-23)29-27-19-25-17(14-7-9-20(21,22)10-8-14)11-18(26-19)28-15-5-3-2-4-6-15/h2-6,11-14H,7-10,23H2,1H3,(H,25,26,27). The molecule has 1 aliphatic rings. The topological polar surface area (TPSA) is 85.4 Å². The smallest absolute Gasteiger partial charge is 0.248 e. The van der Waals surface area contributed by atoms with Gasteiger partial charge in [0.25, 0.3) is 0 Å². The van der Waals surface area contributed by atoms with Crippen LogP contribution in [0.25, 0.3) is 0 Å². The summed E-state index contributed by atoms with van der Waals surface area (Å²) in [5, 5.41) is 0. The molecule has 29 heavy (non-hydrogen) atoms. The van der Waals surface area contributed by atoms with E-state index in [9.17, 15) is 8.78 Å². The summed E-state index contributed by atoms with van der Waals surface area (Å²) < 4.78 is 36.0. The lowest BCUT2D eigenvalue weighted by molar-refractivity contribution is -0.0384. The lowest BCUT2D eigenvalue weighted by Crippen LogP contribution is -2.24. The number of aliphatic imine (C=N–C) groups is 1. The summed E-state index contributed by atoms with van der Waals surface area (Å²) in [6.45, 7) is 0. The Morgan fingerprint density at radius 3 is 2.66 bits per heavy atom. The molecule has 1 heterocycles. The van der Waals surface area contributed by atoms with E-state index in [0.29, 0.717) is 41.0 Å². The van der Waals surface area contributed by atoms with Crippen molar-refractivity contribution in [3.63, 3.8) is 0 Å². The summed E-state index contributed by atoms with van der Waals surface area (Å²) in [6.07, 6.45) is 3.49. The van der Waals surface area contributed by atoms with Crippen molar-refractivity contribution in [2.75, 3.05) is 11.8 Å². The van der Waals surface area contributed by atoms with Gasteiger partial charge in [-0.3, -0.25) is 9.71 Å². The third kappa shape index (κ3) is 6.15. The summed E-state index contributed by atoms with van der Waals surface area (Å²) in [5.74, 6) is -1.36. The van der Waals surface area contributed by atoms with E-state index < -0.39 is 5.92 Å². The number of hydrogen-bond acceptors (Lipinski definition) is 7. The van der Waals surface area contributed by atoms with Crippen molar-refractivity contribution in [2.45, 2.75) is 37.5 Å². The second-order valence-corrected chi connectivity index (χ2v) is 7.54. The van der Waals surface area contributed by atoms with Crippen molar-refractivity contribution in [1.29, 1.82) is 0 Å². The molecule has 6 nitrogen and oxygen atoms in total. The molecule has 9 heteroatoms. The number of rotatable bonds is 7. The SMILES string of the molecule is CN=CC(=CN)SNc1nc(Oc2ccccc2)cc(C2CCC(F)(F)CC2)n1. The fraction of sp³-hybridized carbons (Fsp3) is 0.350. The molecule has 3 rings (SSSR count). The normalized spacial score (nSPS) is 17.4. The van der Waals surface area contributed by atoms with Crippen molar-refractivity contribution >= 4 is 24.1 Å². The molecule has 1 aromatic heterocycles. The Labute approximate surface area is 172 Å². The van der Waals surface area contributed by atoms with Crippen molar-refractivity contribution in [2.24, 2.45) is 10.7 Å². The van der Waals surface area contributed by atoms with Crippen LogP contribution in [0.3, 0.4) is 0 Å². The number of para-hydroxylation sites is 1. The molecule has 0 aliphatic heterocycles. The van der Waals surface area contributed by atoms with Gasteiger partial charge in [0.05, 0.1) is 10.6 Å². The zero-order valence-corrected chi connectivity index (χ0v) is 16.8. The summed E-state index contributed by atoms with van der Waals surface area (Å²) >= 11 is 1.21. The fourth-order valence-electron chi connectivity index (χ4n) is 3.03. The Kier molecular flexibility index (Phi) is 7.03. The zero-order chi connectivity index (χ0) is 20.7. The average molecular weight is 420 g/mol. The summed E-state index contributed by atoms with van der Waals surface area (Å²) in [7, 11) is 1.64. The molecule has 0 saturated heterocycles. The first kappa shape index (κ1) is 21.0. The van der Waals surface area contributed by atoms with E-state index in [2.05, 4.69) is 19.7 Å². The lowest BCUT2D eigenvalue weighted by Gasteiger charge is -2.28. The number of nitrogens with zero attached hydrogens (tertiary/aromatic N) is 3. The molecule has 0 atom stereocenters. The highest BCUT2D eigenvalue weighted by atomic mass is 32.2. The Hall–Kier alpha value is -2.68. The Morgan fingerprint density at radius 2 is 2.00 bits per heavy atom. The number of ether oxygens (including phenoxy) is 1. The second-order valence-electron chi connectivity index (χ2n) is 6.66. The van der Waals surface area contributed by atoms with Crippen LogP contribution in [0.5, 0.6) is 11.6 Å². The fourth-order valence-corrected chi connectivity index (χ4v) is 3.56. The highest BCUT2D eigenvalue weighted by Crippen LogP contribution is 2.41. The molecule has 0 unspecified atom stereocenters.